The van der Waals surface area contributed by atoms with Crippen LogP contribution in [0.25, 0.3) is 11.3 Å². The number of carbonyl (C=O) groups is 1. The molecule has 4 rings (SSSR count). The topological polar surface area (TPSA) is 38.3 Å². The van der Waals surface area contributed by atoms with Gasteiger partial charge >= 0.3 is 0 Å². The van der Waals surface area contributed by atoms with Crippen LogP contribution in [0.15, 0.2) is 42.5 Å². The molecule has 0 saturated carbocycles. The van der Waals surface area contributed by atoms with E-state index in [0.717, 1.165) is 22.4 Å². The number of amides is 1. The first-order chi connectivity index (χ1) is 9.74. The summed E-state index contributed by atoms with van der Waals surface area (Å²) in [7, 11) is 0. The van der Waals surface area contributed by atoms with Crippen LogP contribution >= 0.6 is 0 Å². The maximum Gasteiger partial charge on any atom is 0.260 e. The summed E-state index contributed by atoms with van der Waals surface area (Å²) in [4.78, 5) is 12.3. The summed E-state index contributed by atoms with van der Waals surface area (Å²) in [6.07, 6.45) is 0. The molecule has 0 atom stereocenters. The number of carbonyl (C=O) groups excluding carboxylic acids is 1. The summed E-state index contributed by atoms with van der Waals surface area (Å²) < 4.78 is 5.81. The smallest absolute Gasteiger partial charge is 0.260 e. The van der Waals surface area contributed by atoms with E-state index in [1.54, 1.807) is 0 Å². The summed E-state index contributed by atoms with van der Waals surface area (Å²) in [5.74, 6) is 0.613. The van der Waals surface area contributed by atoms with Gasteiger partial charge in [0.1, 0.15) is 12.4 Å². The predicted octanol–water partition coefficient (Wildman–Crippen LogP) is 3.35. The monoisotopic (exact) mass is 263 g/mol. The Balaban J connectivity index is 1.98. The number of aryl methyl sites for hydroxylation is 1. The molecule has 0 spiro atoms. The molecule has 0 unspecified atom stereocenters. The van der Waals surface area contributed by atoms with E-state index in [4.69, 9.17) is 4.74 Å². The Labute approximate surface area is 116 Å². The summed E-state index contributed by atoms with van der Waals surface area (Å²) in [6.45, 7) is 2.58. The first-order valence-corrected chi connectivity index (χ1v) is 6.62. The average Bonchev–Trinajstić information content (AvgIpc) is 2.98. The van der Waals surface area contributed by atoms with Crippen LogP contribution in [-0.4, -0.2) is 5.91 Å². The van der Waals surface area contributed by atoms with Gasteiger partial charge in [-0.15, -0.1) is 0 Å². The molecular formula is C17H13NO2. The highest BCUT2D eigenvalue weighted by atomic mass is 16.5. The molecule has 2 heterocycles. The molecule has 1 amide bonds. The van der Waals surface area contributed by atoms with Crippen LogP contribution in [0.4, 0.5) is 5.69 Å². The number of ether oxygens (including phenoxy) is 1. The van der Waals surface area contributed by atoms with Crippen molar-refractivity contribution in [1.29, 1.82) is 0 Å². The van der Waals surface area contributed by atoms with Crippen molar-refractivity contribution in [2.75, 3.05) is 5.32 Å². The third-order valence-corrected chi connectivity index (χ3v) is 3.78. The molecule has 3 nitrogen and oxygen atoms in total. The number of para-hydroxylation sites is 1. The Morgan fingerprint density at radius 2 is 1.95 bits per heavy atom. The minimum atomic E-state index is -0.0874. The Bertz CT molecular complexity index is 774. The van der Waals surface area contributed by atoms with E-state index in [1.165, 1.54) is 5.56 Å². The largest absolute Gasteiger partial charge is 0.487 e. The third-order valence-electron chi connectivity index (χ3n) is 3.78. The third kappa shape index (κ3) is 1.50. The molecule has 98 valence electrons. The molecule has 0 aromatic heterocycles. The van der Waals surface area contributed by atoms with Crippen LogP contribution in [0.2, 0.25) is 0 Å². The van der Waals surface area contributed by atoms with Gasteiger partial charge in [0, 0.05) is 22.4 Å². The van der Waals surface area contributed by atoms with Crippen LogP contribution in [0, 0.1) is 6.92 Å². The van der Waals surface area contributed by atoms with Crippen LogP contribution in [0.3, 0.4) is 0 Å². The van der Waals surface area contributed by atoms with Gasteiger partial charge in [0.2, 0.25) is 0 Å². The lowest BCUT2D eigenvalue weighted by atomic mass is 9.99. The zero-order valence-corrected chi connectivity index (χ0v) is 11.1. The molecule has 3 heteroatoms. The minimum absolute atomic E-state index is 0.0874. The van der Waals surface area contributed by atoms with E-state index in [9.17, 15) is 4.79 Å². The van der Waals surface area contributed by atoms with Crippen LogP contribution < -0.4 is 5.32 Å². The van der Waals surface area contributed by atoms with Gasteiger partial charge in [-0.05, 0) is 19.1 Å². The van der Waals surface area contributed by atoms with Crippen LogP contribution in [0.1, 0.15) is 22.3 Å². The van der Waals surface area contributed by atoms with Crippen molar-refractivity contribution < 1.29 is 9.53 Å². The van der Waals surface area contributed by atoms with E-state index >= 15 is 0 Å². The van der Waals surface area contributed by atoms with Crippen molar-refractivity contribution in [2.45, 2.75) is 13.5 Å². The van der Waals surface area contributed by atoms with Gasteiger partial charge in [-0.3, -0.25) is 4.79 Å². The molecule has 2 aromatic rings. The minimum Gasteiger partial charge on any atom is -0.487 e. The average molecular weight is 263 g/mol. The van der Waals surface area contributed by atoms with Crippen molar-refractivity contribution in [2.24, 2.45) is 0 Å². The number of rotatable bonds is 0. The van der Waals surface area contributed by atoms with Crippen LogP contribution in [0.5, 0.6) is 0 Å². The standard InChI is InChI=1S/C17H13NO2/c1-10-6-7-11-9-20-16(13(11)8-10)15-12-4-2-3-5-14(12)18-17(15)19/h2-8H,9H2,1H3,(H,18,19)/b16-15+. The Kier molecular flexibility index (Phi) is 2.24. The second-order valence-electron chi connectivity index (χ2n) is 5.15. The van der Waals surface area contributed by atoms with E-state index in [-0.39, 0.29) is 5.91 Å². The second kappa shape index (κ2) is 3.97. The number of fused-ring (bicyclic) bond motifs is 2. The summed E-state index contributed by atoms with van der Waals surface area (Å²) >= 11 is 0. The predicted molar refractivity (Wildman–Crippen MR) is 77.9 cm³/mol. The van der Waals surface area contributed by atoms with Gasteiger partial charge in [-0.1, -0.05) is 35.9 Å². The number of anilines is 1. The Morgan fingerprint density at radius 1 is 1.10 bits per heavy atom. The zero-order chi connectivity index (χ0) is 13.7. The summed E-state index contributed by atoms with van der Waals surface area (Å²) in [5.41, 5.74) is 5.75. The van der Waals surface area contributed by atoms with Crippen molar-refractivity contribution >= 4 is 22.9 Å². The zero-order valence-electron chi connectivity index (χ0n) is 11.1. The summed E-state index contributed by atoms with van der Waals surface area (Å²) in [5, 5.41) is 2.89. The second-order valence-corrected chi connectivity index (χ2v) is 5.15. The quantitative estimate of drug-likeness (QED) is 0.740. The Morgan fingerprint density at radius 3 is 2.85 bits per heavy atom. The molecule has 0 saturated heterocycles. The highest BCUT2D eigenvalue weighted by Gasteiger charge is 2.32. The van der Waals surface area contributed by atoms with Crippen molar-refractivity contribution in [3.8, 4) is 0 Å². The molecule has 0 radical (unpaired) electrons. The maximum absolute atomic E-state index is 12.3. The fourth-order valence-electron chi connectivity index (χ4n) is 2.80. The van der Waals surface area contributed by atoms with E-state index in [2.05, 4.69) is 23.5 Å². The number of benzene rings is 2. The molecule has 20 heavy (non-hydrogen) atoms. The van der Waals surface area contributed by atoms with E-state index in [1.807, 2.05) is 31.2 Å². The van der Waals surface area contributed by atoms with Gasteiger partial charge < -0.3 is 10.1 Å². The van der Waals surface area contributed by atoms with E-state index in [0.29, 0.717) is 17.9 Å². The number of nitrogens with one attached hydrogen (secondary N) is 1. The highest BCUT2D eigenvalue weighted by Crippen LogP contribution is 2.41. The maximum atomic E-state index is 12.3. The normalized spacial score (nSPS) is 19.4. The molecule has 2 aliphatic heterocycles. The van der Waals surface area contributed by atoms with Gasteiger partial charge in [0.15, 0.2) is 0 Å². The fraction of sp³-hybridized carbons (Fsp3) is 0.118. The lowest BCUT2D eigenvalue weighted by Crippen LogP contribution is -2.05. The van der Waals surface area contributed by atoms with Gasteiger partial charge in [0.05, 0.1) is 5.57 Å². The van der Waals surface area contributed by atoms with Gasteiger partial charge in [-0.2, -0.15) is 0 Å². The first kappa shape index (κ1) is 11.3. The molecule has 0 fully saturated rings. The SMILES string of the molecule is Cc1ccc2c(c1)/C(=C1\C(=O)Nc3ccccc31)OC2. The molecule has 0 bridgehead atoms. The lowest BCUT2D eigenvalue weighted by molar-refractivity contribution is -0.110. The van der Waals surface area contributed by atoms with Gasteiger partial charge in [0.25, 0.3) is 5.91 Å². The Hall–Kier alpha value is -2.55. The van der Waals surface area contributed by atoms with E-state index < -0.39 is 0 Å². The first-order valence-electron chi connectivity index (χ1n) is 6.62. The molecular weight excluding hydrogens is 250 g/mol. The van der Waals surface area contributed by atoms with Crippen molar-refractivity contribution in [3.05, 3.63) is 64.7 Å². The lowest BCUT2D eigenvalue weighted by Gasteiger charge is -2.05. The number of hydrogen-bond acceptors (Lipinski definition) is 2. The fourth-order valence-corrected chi connectivity index (χ4v) is 2.80. The van der Waals surface area contributed by atoms with Crippen LogP contribution in [-0.2, 0) is 16.1 Å². The number of hydrogen-bond donors (Lipinski definition) is 1. The molecule has 0 aliphatic carbocycles. The van der Waals surface area contributed by atoms with Crippen molar-refractivity contribution in [1.82, 2.24) is 0 Å². The van der Waals surface area contributed by atoms with Crippen molar-refractivity contribution in [3.63, 3.8) is 0 Å². The highest BCUT2D eigenvalue weighted by molar-refractivity contribution is 6.36. The molecule has 2 aliphatic rings. The van der Waals surface area contributed by atoms with Gasteiger partial charge in [-0.25, -0.2) is 0 Å². The summed E-state index contributed by atoms with van der Waals surface area (Å²) in [6, 6.07) is 13.9. The molecule has 2 aromatic carbocycles. The molecule has 1 N–H and O–H groups in total.